The highest BCUT2D eigenvalue weighted by Crippen LogP contribution is 2.39. The molecule has 2 rings (SSSR count). The van der Waals surface area contributed by atoms with E-state index in [0.717, 1.165) is 12.1 Å². The number of nitrogens with two attached hydrogens (primary N) is 2. The van der Waals surface area contributed by atoms with Crippen molar-refractivity contribution in [2.45, 2.75) is 12.1 Å². The molecular formula is C14H9F3N4O. The van der Waals surface area contributed by atoms with Gasteiger partial charge in [-0.15, -0.1) is 0 Å². The lowest BCUT2D eigenvalue weighted by molar-refractivity contribution is -0.137. The van der Waals surface area contributed by atoms with Crippen molar-refractivity contribution in [1.82, 2.24) is 0 Å². The summed E-state index contributed by atoms with van der Waals surface area (Å²) in [6.07, 6.45) is -4.55. The highest BCUT2D eigenvalue weighted by molar-refractivity contribution is 5.53. The van der Waals surface area contributed by atoms with E-state index in [9.17, 15) is 13.2 Å². The first kappa shape index (κ1) is 15.3. The van der Waals surface area contributed by atoms with Crippen LogP contribution in [0.1, 0.15) is 17.0 Å². The van der Waals surface area contributed by atoms with E-state index in [0.29, 0.717) is 0 Å². The first-order valence-corrected chi connectivity index (χ1v) is 5.94. The standard InChI is InChI=1S/C14H9F3N4O/c15-14(16,17)8-3-1-2-7(4-8)11-9(5-18)12(20)22-13(21)10(11)6-19/h1-4,11H,20-21H2. The summed E-state index contributed by atoms with van der Waals surface area (Å²) in [7, 11) is 0. The number of hydrogen-bond acceptors (Lipinski definition) is 5. The van der Waals surface area contributed by atoms with Crippen LogP contribution in [0.15, 0.2) is 47.2 Å². The molecule has 0 atom stereocenters. The smallest absolute Gasteiger partial charge is 0.416 e. The van der Waals surface area contributed by atoms with E-state index in [4.69, 9.17) is 26.7 Å². The second kappa shape index (κ2) is 5.34. The van der Waals surface area contributed by atoms with Crippen LogP contribution < -0.4 is 11.5 Å². The third-order valence-electron chi connectivity index (χ3n) is 3.12. The van der Waals surface area contributed by atoms with E-state index in [-0.39, 0.29) is 28.5 Å². The molecule has 0 aromatic heterocycles. The van der Waals surface area contributed by atoms with Gasteiger partial charge in [0.15, 0.2) is 0 Å². The van der Waals surface area contributed by atoms with Gasteiger partial charge in [-0.1, -0.05) is 18.2 Å². The molecule has 0 saturated heterocycles. The Hall–Kier alpha value is -3.13. The maximum Gasteiger partial charge on any atom is 0.416 e. The van der Waals surface area contributed by atoms with Crippen LogP contribution in [0.4, 0.5) is 13.2 Å². The molecule has 8 heteroatoms. The number of nitriles is 2. The molecule has 0 aliphatic carbocycles. The van der Waals surface area contributed by atoms with Crippen LogP contribution in [-0.2, 0) is 10.9 Å². The number of nitrogens with zero attached hydrogens (tertiary/aromatic N) is 2. The van der Waals surface area contributed by atoms with Crippen molar-refractivity contribution in [2.75, 3.05) is 0 Å². The second-order valence-corrected chi connectivity index (χ2v) is 4.44. The molecule has 1 aliphatic rings. The van der Waals surface area contributed by atoms with Gasteiger partial charge in [-0.25, -0.2) is 0 Å². The van der Waals surface area contributed by atoms with Gasteiger partial charge in [0.25, 0.3) is 0 Å². The number of alkyl halides is 3. The van der Waals surface area contributed by atoms with Crippen LogP contribution in [0, 0.1) is 22.7 Å². The summed E-state index contributed by atoms with van der Waals surface area (Å²) in [4.78, 5) is 0. The molecule has 0 radical (unpaired) electrons. The van der Waals surface area contributed by atoms with Gasteiger partial charge >= 0.3 is 6.18 Å². The van der Waals surface area contributed by atoms with E-state index in [1.165, 1.54) is 12.1 Å². The molecule has 5 nitrogen and oxygen atoms in total. The Morgan fingerprint density at radius 3 is 2.05 bits per heavy atom. The van der Waals surface area contributed by atoms with Crippen molar-refractivity contribution < 1.29 is 17.9 Å². The van der Waals surface area contributed by atoms with Gasteiger partial charge in [-0.3, -0.25) is 0 Å². The van der Waals surface area contributed by atoms with E-state index >= 15 is 0 Å². The molecule has 0 spiro atoms. The lowest BCUT2D eigenvalue weighted by Crippen LogP contribution is -2.24. The fourth-order valence-corrected chi connectivity index (χ4v) is 2.12. The Morgan fingerprint density at radius 1 is 1.05 bits per heavy atom. The van der Waals surface area contributed by atoms with Gasteiger partial charge < -0.3 is 16.2 Å². The largest absolute Gasteiger partial charge is 0.424 e. The predicted molar refractivity (Wildman–Crippen MR) is 68.9 cm³/mol. The number of benzene rings is 1. The van der Waals surface area contributed by atoms with E-state index in [1.807, 2.05) is 0 Å². The molecule has 112 valence electrons. The number of allylic oxidation sites excluding steroid dienone is 2. The second-order valence-electron chi connectivity index (χ2n) is 4.44. The summed E-state index contributed by atoms with van der Waals surface area (Å²) in [5.41, 5.74) is 9.93. The average Bonchev–Trinajstić information content (AvgIpc) is 2.46. The summed E-state index contributed by atoms with van der Waals surface area (Å²) >= 11 is 0. The van der Waals surface area contributed by atoms with Crippen LogP contribution in [0.2, 0.25) is 0 Å². The summed E-state index contributed by atoms with van der Waals surface area (Å²) < 4.78 is 43.3. The van der Waals surface area contributed by atoms with Crippen molar-refractivity contribution in [1.29, 1.82) is 10.5 Å². The van der Waals surface area contributed by atoms with Crippen LogP contribution in [0.5, 0.6) is 0 Å². The molecule has 1 aromatic carbocycles. The molecule has 0 unspecified atom stereocenters. The highest BCUT2D eigenvalue weighted by atomic mass is 19.4. The van der Waals surface area contributed by atoms with Crippen molar-refractivity contribution in [3.05, 3.63) is 58.3 Å². The van der Waals surface area contributed by atoms with Crippen LogP contribution >= 0.6 is 0 Å². The van der Waals surface area contributed by atoms with Crippen molar-refractivity contribution in [3.8, 4) is 12.1 Å². The first-order chi connectivity index (χ1) is 10.3. The Labute approximate surface area is 123 Å². The minimum atomic E-state index is -4.55. The molecule has 22 heavy (non-hydrogen) atoms. The van der Waals surface area contributed by atoms with Crippen LogP contribution in [0.25, 0.3) is 0 Å². The van der Waals surface area contributed by atoms with Crippen molar-refractivity contribution >= 4 is 0 Å². The van der Waals surface area contributed by atoms with E-state index in [2.05, 4.69) is 0 Å². The normalized spacial score (nSPS) is 16.0. The summed E-state index contributed by atoms with van der Waals surface area (Å²) in [5, 5.41) is 18.3. The monoisotopic (exact) mass is 306 g/mol. The molecule has 0 saturated carbocycles. The fraction of sp³-hybridized carbons (Fsp3) is 0.143. The molecule has 1 aliphatic heterocycles. The number of ether oxygens (including phenoxy) is 1. The van der Waals surface area contributed by atoms with Crippen molar-refractivity contribution in [3.63, 3.8) is 0 Å². The zero-order valence-corrected chi connectivity index (χ0v) is 11.0. The maximum absolute atomic E-state index is 12.8. The summed E-state index contributed by atoms with van der Waals surface area (Å²) in [6, 6.07) is 7.79. The quantitative estimate of drug-likeness (QED) is 0.826. The zero-order valence-electron chi connectivity index (χ0n) is 11.0. The number of rotatable bonds is 1. The van der Waals surface area contributed by atoms with Crippen LogP contribution in [-0.4, -0.2) is 0 Å². The minimum Gasteiger partial charge on any atom is -0.424 e. The molecule has 4 N–H and O–H groups in total. The van der Waals surface area contributed by atoms with Gasteiger partial charge in [-0.2, -0.15) is 23.7 Å². The SMILES string of the molecule is N#CC1=C(N)OC(N)=C(C#N)C1c1cccc(C(F)(F)F)c1. The van der Waals surface area contributed by atoms with Gasteiger partial charge in [0.2, 0.25) is 11.8 Å². The van der Waals surface area contributed by atoms with Gasteiger partial charge in [0, 0.05) is 0 Å². The number of halogens is 3. The van der Waals surface area contributed by atoms with Gasteiger partial charge in [-0.05, 0) is 11.6 Å². The third kappa shape index (κ3) is 2.54. The lowest BCUT2D eigenvalue weighted by Gasteiger charge is -2.24. The molecule has 0 bridgehead atoms. The summed E-state index contributed by atoms with van der Waals surface area (Å²) in [6.45, 7) is 0. The zero-order chi connectivity index (χ0) is 16.5. The highest BCUT2D eigenvalue weighted by Gasteiger charge is 2.35. The maximum atomic E-state index is 12.8. The molecule has 1 aromatic rings. The average molecular weight is 306 g/mol. The van der Waals surface area contributed by atoms with E-state index < -0.39 is 17.7 Å². The van der Waals surface area contributed by atoms with Gasteiger partial charge in [0.1, 0.15) is 23.3 Å². The Balaban J connectivity index is 2.65. The first-order valence-electron chi connectivity index (χ1n) is 5.94. The lowest BCUT2D eigenvalue weighted by atomic mass is 9.84. The predicted octanol–water partition coefficient (Wildman–Crippen LogP) is 2.21. The third-order valence-corrected chi connectivity index (χ3v) is 3.12. The summed E-state index contributed by atoms with van der Waals surface area (Å²) in [5.74, 6) is -1.76. The number of hydrogen-bond donors (Lipinski definition) is 2. The van der Waals surface area contributed by atoms with Crippen molar-refractivity contribution in [2.24, 2.45) is 11.5 Å². The molecule has 0 amide bonds. The Kier molecular flexibility index (Phi) is 3.70. The van der Waals surface area contributed by atoms with E-state index in [1.54, 1.807) is 12.1 Å². The Bertz CT molecular complexity index is 730. The van der Waals surface area contributed by atoms with Gasteiger partial charge in [0.05, 0.1) is 11.5 Å². The van der Waals surface area contributed by atoms with Crippen LogP contribution in [0.3, 0.4) is 0 Å². The molecule has 0 fully saturated rings. The minimum absolute atomic E-state index is 0.0807. The Morgan fingerprint density at radius 2 is 1.59 bits per heavy atom. The molecular weight excluding hydrogens is 297 g/mol. The topological polar surface area (TPSA) is 109 Å². The molecule has 1 heterocycles. The fourth-order valence-electron chi connectivity index (χ4n) is 2.12.